The number of pyridine rings is 1. The van der Waals surface area contributed by atoms with Crippen molar-refractivity contribution < 1.29 is 19.4 Å². The van der Waals surface area contributed by atoms with Gasteiger partial charge in [-0.25, -0.2) is 4.39 Å². The Morgan fingerprint density at radius 2 is 2.38 bits per heavy atom. The molecule has 0 radical (unpaired) electrons. The molecule has 4 nitrogen and oxygen atoms in total. The molecule has 5 heteroatoms. The van der Waals surface area contributed by atoms with Crippen LogP contribution in [0.1, 0.15) is 18.1 Å². The lowest BCUT2D eigenvalue weighted by atomic mass is 10.1. The van der Waals surface area contributed by atoms with Gasteiger partial charge in [0.05, 0.1) is 18.7 Å². The van der Waals surface area contributed by atoms with E-state index in [0.717, 1.165) is 6.20 Å². The first-order valence-electron chi connectivity index (χ1n) is 3.60. The molecule has 1 atom stereocenters. The molecule has 0 aliphatic carbocycles. The Labute approximate surface area is 73.7 Å². The molecule has 2 N–H and O–H groups in total. The van der Waals surface area contributed by atoms with E-state index in [9.17, 15) is 14.3 Å². The summed E-state index contributed by atoms with van der Waals surface area (Å²) in [5, 5.41) is 17.6. The first-order chi connectivity index (χ1) is 6.11. The molecule has 1 heterocycles. The van der Waals surface area contributed by atoms with Crippen LogP contribution in [0.3, 0.4) is 0 Å². The molecule has 0 saturated carbocycles. The summed E-state index contributed by atoms with van der Waals surface area (Å²) < 4.78 is 12.9. The molecule has 1 aromatic rings. The van der Waals surface area contributed by atoms with Gasteiger partial charge in [0.1, 0.15) is 5.82 Å². The largest absolute Gasteiger partial charge is 0.481 e. The lowest BCUT2D eigenvalue weighted by Gasteiger charge is -2.07. The van der Waals surface area contributed by atoms with E-state index in [2.05, 4.69) is 4.98 Å². The van der Waals surface area contributed by atoms with E-state index >= 15 is 0 Å². The van der Waals surface area contributed by atoms with Crippen LogP contribution in [0.25, 0.3) is 0 Å². The molecule has 0 bridgehead atoms. The molecule has 0 aliphatic rings. The molecule has 13 heavy (non-hydrogen) atoms. The Morgan fingerprint density at radius 1 is 1.69 bits per heavy atom. The molecule has 0 amide bonds. The number of carboxylic acid groups (broad SMARTS) is 1. The average Bonchev–Trinajstić information content (AvgIpc) is 2.03. The van der Waals surface area contributed by atoms with Gasteiger partial charge in [0.15, 0.2) is 0 Å². The number of nitrogens with zero attached hydrogens (tertiary/aromatic N) is 1. The number of aliphatic hydroxyl groups is 1. The zero-order chi connectivity index (χ0) is 9.84. The van der Waals surface area contributed by atoms with Crippen LogP contribution in [0.4, 0.5) is 4.39 Å². The first kappa shape index (κ1) is 9.60. The molecule has 70 valence electrons. The van der Waals surface area contributed by atoms with Crippen molar-refractivity contribution in [1.29, 1.82) is 0 Å². The van der Waals surface area contributed by atoms with Gasteiger partial charge < -0.3 is 10.2 Å². The normalized spacial score (nSPS) is 12.5. The molecule has 0 aliphatic heterocycles. The highest BCUT2D eigenvalue weighted by Gasteiger charge is 2.15. The van der Waals surface area contributed by atoms with Crippen molar-refractivity contribution in [1.82, 2.24) is 4.98 Å². The van der Waals surface area contributed by atoms with Gasteiger partial charge in [0.25, 0.3) is 0 Å². The van der Waals surface area contributed by atoms with Crippen molar-refractivity contribution in [2.75, 3.05) is 0 Å². The third-order valence-electron chi connectivity index (χ3n) is 1.53. The number of carboxylic acids is 1. The number of aromatic nitrogens is 1. The molecule has 0 fully saturated rings. The summed E-state index contributed by atoms with van der Waals surface area (Å²) in [6.45, 7) is 0. The second-order valence-corrected chi connectivity index (χ2v) is 2.51. The monoisotopic (exact) mass is 185 g/mol. The molecular weight excluding hydrogens is 177 g/mol. The van der Waals surface area contributed by atoms with Crippen molar-refractivity contribution in [3.8, 4) is 0 Å². The van der Waals surface area contributed by atoms with Crippen molar-refractivity contribution >= 4 is 5.97 Å². The Morgan fingerprint density at radius 3 is 2.92 bits per heavy atom. The molecule has 0 spiro atoms. The van der Waals surface area contributed by atoms with Crippen molar-refractivity contribution in [3.05, 3.63) is 29.8 Å². The summed E-state index contributed by atoms with van der Waals surface area (Å²) in [5.74, 6) is -1.88. The zero-order valence-corrected chi connectivity index (χ0v) is 6.64. The van der Waals surface area contributed by atoms with Gasteiger partial charge in [0, 0.05) is 11.8 Å². The van der Waals surface area contributed by atoms with E-state index in [1.807, 2.05) is 0 Å². The zero-order valence-electron chi connectivity index (χ0n) is 6.64. The fraction of sp³-hybridized carbons (Fsp3) is 0.250. The van der Waals surface area contributed by atoms with E-state index in [4.69, 9.17) is 5.11 Å². The van der Waals surface area contributed by atoms with Gasteiger partial charge in [-0.05, 0) is 6.07 Å². The van der Waals surface area contributed by atoms with Crippen LogP contribution in [0, 0.1) is 5.82 Å². The molecule has 1 aromatic heterocycles. The van der Waals surface area contributed by atoms with Gasteiger partial charge in [-0.2, -0.15) is 0 Å². The van der Waals surface area contributed by atoms with Crippen LogP contribution in [-0.4, -0.2) is 21.2 Å². The highest BCUT2D eigenvalue weighted by Crippen LogP contribution is 2.18. The number of aliphatic carboxylic acids is 1. The number of rotatable bonds is 3. The highest BCUT2D eigenvalue weighted by atomic mass is 19.1. The van der Waals surface area contributed by atoms with Crippen LogP contribution < -0.4 is 0 Å². The van der Waals surface area contributed by atoms with E-state index in [1.54, 1.807) is 0 Å². The Bertz CT molecular complexity index is 316. The minimum absolute atomic E-state index is 0.0441. The average molecular weight is 185 g/mol. The standard InChI is InChI=1S/C8H8FNO3/c9-6-4-10-2-1-5(6)7(11)3-8(12)13/h1-2,4,7,11H,3H2,(H,12,13). The maximum atomic E-state index is 12.9. The minimum atomic E-state index is -1.32. The number of aliphatic hydroxyl groups excluding tert-OH is 1. The predicted octanol–water partition coefficient (Wildman–Crippen LogP) is 0.729. The third kappa shape index (κ3) is 2.48. The van der Waals surface area contributed by atoms with Crippen molar-refractivity contribution in [2.45, 2.75) is 12.5 Å². The minimum Gasteiger partial charge on any atom is -0.481 e. The van der Waals surface area contributed by atoms with Crippen LogP contribution in [0.2, 0.25) is 0 Å². The summed E-state index contributed by atoms with van der Waals surface area (Å²) >= 11 is 0. The lowest BCUT2D eigenvalue weighted by molar-refractivity contribution is -0.139. The number of carbonyl (C=O) groups is 1. The smallest absolute Gasteiger partial charge is 0.306 e. The topological polar surface area (TPSA) is 70.4 Å². The molecular formula is C8H8FNO3. The van der Waals surface area contributed by atoms with Crippen molar-refractivity contribution in [3.63, 3.8) is 0 Å². The summed E-state index contributed by atoms with van der Waals surface area (Å²) in [5.41, 5.74) is -0.0441. The second-order valence-electron chi connectivity index (χ2n) is 2.51. The van der Waals surface area contributed by atoms with E-state index in [1.165, 1.54) is 12.3 Å². The number of hydrogen-bond acceptors (Lipinski definition) is 3. The Balaban J connectivity index is 2.82. The first-order valence-corrected chi connectivity index (χ1v) is 3.60. The molecule has 1 unspecified atom stereocenters. The van der Waals surface area contributed by atoms with E-state index in [-0.39, 0.29) is 5.56 Å². The van der Waals surface area contributed by atoms with Crippen molar-refractivity contribution in [2.24, 2.45) is 0 Å². The summed E-state index contributed by atoms with van der Waals surface area (Å²) in [4.78, 5) is 13.7. The lowest BCUT2D eigenvalue weighted by Crippen LogP contribution is -2.07. The van der Waals surface area contributed by atoms with Gasteiger partial charge in [-0.3, -0.25) is 9.78 Å². The molecule has 0 saturated heterocycles. The fourth-order valence-corrected chi connectivity index (χ4v) is 0.932. The van der Waals surface area contributed by atoms with Gasteiger partial charge >= 0.3 is 5.97 Å². The fourth-order valence-electron chi connectivity index (χ4n) is 0.932. The van der Waals surface area contributed by atoms with E-state index < -0.39 is 24.3 Å². The summed E-state index contributed by atoms with van der Waals surface area (Å²) in [7, 11) is 0. The summed E-state index contributed by atoms with van der Waals surface area (Å²) in [6, 6.07) is 1.25. The highest BCUT2D eigenvalue weighted by molar-refractivity contribution is 5.67. The number of halogens is 1. The summed E-state index contributed by atoms with van der Waals surface area (Å²) in [6.07, 6.45) is 0.394. The quantitative estimate of drug-likeness (QED) is 0.728. The van der Waals surface area contributed by atoms with Crippen LogP contribution in [0.15, 0.2) is 18.5 Å². The van der Waals surface area contributed by atoms with Crippen LogP contribution in [0.5, 0.6) is 0 Å². The maximum Gasteiger partial charge on any atom is 0.306 e. The molecule has 0 aromatic carbocycles. The molecule has 1 rings (SSSR count). The predicted molar refractivity (Wildman–Crippen MR) is 41.4 cm³/mol. The van der Waals surface area contributed by atoms with Gasteiger partial charge in [-0.15, -0.1) is 0 Å². The maximum absolute atomic E-state index is 12.9. The number of hydrogen-bond donors (Lipinski definition) is 2. The van der Waals surface area contributed by atoms with Gasteiger partial charge in [-0.1, -0.05) is 0 Å². The Hall–Kier alpha value is -1.49. The second kappa shape index (κ2) is 3.95. The van der Waals surface area contributed by atoms with E-state index in [0.29, 0.717) is 0 Å². The SMILES string of the molecule is O=C(O)CC(O)c1ccncc1F. The third-order valence-corrected chi connectivity index (χ3v) is 1.53. The Kier molecular flexibility index (Phi) is 2.92. The van der Waals surface area contributed by atoms with Crippen LogP contribution >= 0.6 is 0 Å². The van der Waals surface area contributed by atoms with Crippen LogP contribution in [-0.2, 0) is 4.79 Å². The van der Waals surface area contributed by atoms with Gasteiger partial charge in [0.2, 0.25) is 0 Å².